The molecule has 2 aromatic heterocycles. The van der Waals surface area contributed by atoms with E-state index in [4.69, 9.17) is 6.58 Å². The molecular weight excluding hydrogens is 2030 g/mol. The van der Waals surface area contributed by atoms with Crippen molar-refractivity contribution >= 4 is 31.5 Å². The van der Waals surface area contributed by atoms with Gasteiger partial charge in [-0.1, -0.05) is 0 Å². The summed E-state index contributed by atoms with van der Waals surface area (Å²) in [5.41, 5.74) is 5.04. The fraction of sp³-hybridized carbons (Fsp3) is 0.235. The molecule has 1 radical (unpaired) electrons. The fourth-order valence-corrected chi connectivity index (χ4v) is 3.91. The average molecular weight is 2050 g/mol. The van der Waals surface area contributed by atoms with Crippen LogP contribution in [0.3, 0.4) is 0 Å². The van der Waals surface area contributed by atoms with Gasteiger partial charge < -0.3 is 0 Å². The van der Waals surface area contributed by atoms with Crippen molar-refractivity contribution in [1.29, 1.82) is 0 Å². The van der Waals surface area contributed by atoms with E-state index in [0.29, 0.717) is 18.5 Å². The molecule has 30 heavy (non-hydrogen) atoms. The SMILES string of the molecule is [CH-]=C([C-]=C([C-]=[W])C[CH2-])c1c(C)c2sc(C)cc2n1C[CH2-].[K+].[W+2].[W].[W].[W].[W].[W].[W].[W].[Y]. The van der Waals surface area contributed by atoms with E-state index >= 15 is 0 Å². The molecule has 0 saturated heterocycles. The zero-order valence-corrected chi connectivity index (χ0v) is 49.8. The van der Waals surface area contributed by atoms with E-state index in [1.807, 2.05) is 0 Å². The average Bonchev–Trinajstić information content (AvgIpc) is 2.92. The molecule has 1 nitrogen and oxygen atoms in total. The molecule has 0 N–H and O–H groups in total. The van der Waals surface area contributed by atoms with Crippen LogP contribution in [0.25, 0.3) is 15.8 Å². The zero-order valence-electron chi connectivity index (χ0n) is 16.6. The van der Waals surface area contributed by atoms with Gasteiger partial charge in [0.25, 0.3) is 0 Å². The topological polar surface area (TPSA) is 4.93 Å². The number of thiophene rings is 1. The summed E-state index contributed by atoms with van der Waals surface area (Å²) in [5.74, 6) is 0. The van der Waals surface area contributed by atoms with E-state index in [2.05, 4.69) is 48.8 Å². The second-order valence-electron chi connectivity index (χ2n) is 4.57. The van der Waals surface area contributed by atoms with Crippen molar-refractivity contribution in [2.45, 2.75) is 26.8 Å². The predicted octanol–water partition coefficient (Wildman–Crippen LogP) is 1.13. The molecule has 0 aliphatic carbocycles. The number of aryl methyl sites for hydroxylation is 2. The normalized spacial score (nSPS) is 8.07. The van der Waals surface area contributed by atoms with E-state index in [9.17, 15) is 0 Å². The quantitative estimate of drug-likeness (QED) is 0.241. The number of allylic oxidation sites excluding steroid dienone is 3. The van der Waals surface area contributed by atoms with E-state index in [1.54, 1.807) is 11.3 Å². The van der Waals surface area contributed by atoms with Crippen LogP contribution >= 0.6 is 11.3 Å². The number of aromatic nitrogens is 1. The first-order chi connectivity index (χ1) is 9.53. The summed E-state index contributed by atoms with van der Waals surface area (Å²) < 4.78 is 6.60. The van der Waals surface area contributed by atoms with Gasteiger partial charge in [-0.15, -0.1) is 0 Å². The zero-order chi connectivity index (χ0) is 14.9. The van der Waals surface area contributed by atoms with Crippen molar-refractivity contribution in [3.63, 3.8) is 0 Å². The number of fused-ring (bicyclic) bond motifs is 1. The van der Waals surface area contributed by atoms with Crippen molar-refractivity contribution < 1.29 is 272 Å². The van der Waals surface area contributed by atoms with Gasteiger partial charge in [0.1, 0.15) is 0 Å². The smallest absolute Gasteiger partial charge is 0 e. The number of hydrogen-bond acceptors (Lipinski definition) is 1. The molecule has 0 atom stereocenters. The number of nitrogens with zero attached hydrogens (tertiary/aromatic N) is 1. The van der Waals surface area contributed by atoms with Crippen molar-refractivity contribution in [3.8, 4) is 0 Å². The van der Waals surface area contributed by atoms with Gasteiger partial charge in [0, 0.05) is 180 Å². The Morgan fingerprint density at radius 1 is 1.10 bits per heavy atom. The molecule has 13 heteroatoms. The van der Waals surface area contributed by atoms with Gasteiger partial charge >= 0.3 is 209 Å². The van der Waals surface area contributed by atoms with Crippen molar-refractivity contribution in [3.05, 3.63) is 54.3 Å². The summed E-state index contributed by atoms with van der Waals surface area (Å²) in [6.45, 7) is 19.1. The van der Waals surface area contributed by atoms with E-state index in [-0.39, 0.29) is 253 Å². The van der Waals surface area contributed by atoms with Crippen LogP contribution in [0.4, 0.5) is 0 Å². The van der Waals surface area contributed by atoms with Crippen LogP contribution in [0.15, 0.2) is 11.6 Å². The maximum absolute atomic E-state index is 6.27. The summed E-state index contributed by atoms with van der Waals surface area (Å²) in [6, 6.07) is 2.20. The summed E-state index contributed by atoms with van der Waals surface area (Å²) in [7, 11) is 0. The van der Waals surface area contributed by atoms with Crippen LogP contribution in [0.1, 0.15) is 22.6 Å². The Morgan fingerprint density at radius 3 is 1.93 bits per heavy atom. The van der Waals surface area contributed by atoms with Gasteiger partial charge in [-0.2, -0.15) is 0 Å². The third kappa shape index (κ3) is 17.3. The molecule has 2 heterocycles. The first kappa shape index (κ1) is 61.5. The van der Waals surface area contributed by atoms with Gasteiger partial charge in [0.15, 0.2) is 0 Å². The van der Waals surface area contributed by atoms with Gasteiger partial charge in [0.05, 0.1) is 0 Å². The fourth-order valence-electron chi connectivity index (χ4n) is 2.34. The van der Waals surface area contributed by atoms with Crippen LogP contribution in [0.5, 0.6) is 0 Å². The largest absolute Gasteiger partial charge is 2.00 e. The molecule has 0 aliphatic rings. The second kappa shape index (κ2) is 32.7. The molecule has 2 rings (SSSR count). The van der Waals surface area contributed by atoms with Gasteiger partial charge in [-0.05, 0) is 0 Å². The van der Waals surface area contributed by atoms with E-state index in [1.165, 1.54) is 40.0 Å². The number of rotatable bonds is 5. The predicted molar refractivity (Wildman–Crippen MR) is 84.1 cm³/mol. The van der Waals surface area contributed by atoms with Crippen molar-refractivity contribution in [2.24, 2.45) is 0 Å². The molecule has 0 aliphatic heterocycles. The second-order valence-corrected chi connectivity index (χ2v) is 6.56. The Kier molecular flexibility index (Phi) is 67.1. The molecule has 0 bridgehead atoms. The van der Waals surface area contributed by atoms with Crippen LogP contribution < -0.4 is 51.4 Å². The van der Waals surface area contributed by atoms with Gasteiger partial charge in [-0.25, -0.2) is 0 Å². The minimum absolute atomic E-state index is 0. The Morgan fingerprint density at radius 2 is 1.57 bits per heavy atom. The van der Waals surface area contributed by atoms with Gasteiger partial charge in [0.2, 0.25) is 0 Å². The Hall–Kier alpha value is 7.53. The Labute approximate surface area is 379 Å². The van der Waals surface area contributed by atoms with Crippen LogP contribution in [0, 0.1) is 40.3 Å². The van der Waals surface area contributed by atoms with Crippen molar-refractivity contribution in [2.75, 3.05) is 0 Å². The first-order valence-corrected chi connectivity index (χ1v) is 8.63. The monoisotopic (exact) mass is 2050 g/mol. The third-order valence-corrected chi connectivity index (χ3v) is 5.27. The minimum Gasteiger partial charge on any atom is 0 e. The molecule has 155 valence electrons. The summed E-state index contributed by atoms with van der Waals surface area (Å²) >= 11 is 3.06. The molecule has 0 unspecified atom stereocenters. The first-order valence-electron chi connectivity index (χ1n) is 6.35. The van der Waals surface area contributed by atoms with Crippen LogP contribution in [0.2, 0.25) is 0 Å². The standard InChI is InChI=1S/C17H16NS.K.9W.Y/c1-7-11(3)9-12(4)16-14(6)17-15(18(16)8-2)10-13(5)19-17;;;;;;;;;;;/h4,10H,1-2,7-8H2,5-6H3;;;;;;;;;;;/q-5;+1;;;;;;;;;+2;. The van der Waals surface area contributed by atoms with Gasteiger partial charge in [-0.3, -0.25) is 0 Å². The molecule has 0 spiro atoms. The maximum Gasteiger partial charge on any atom is 2.00 e. The minimum atomic E-state index is 0. The number of hydrogen-bond donors (Lipinski definition) is 0. The van der Waals surface area contributed by atoms with E-state index in [0.717, 1.165) is 11.3 Å². The van der Waals surface area contributed by atoms with Crippen LogP contribution in [-0.2, 0) is 227 Å². The maximum atomic E-state index is 6.27. The Balaban J connectivity index is -0.0000000630. The molecule has 2 aromatic rings. The molecule has 0 fully saturated rings. The molecular formula is C17H16KNSW9Y-2. The third-order valence-electron chi connectivity index (χ3n) is 3.23. The van der Waals surface area contributed by atoms with Crippen molar-refractivity contribution in [1.82, 2.24) is 4.57 Å². The summed E-state index contributed by atoms with van der Waals surface area (Å²) in [5, 5.41) is 0. The molecule has 0 amide bonds. The molecule has 0 aromatic carbocycles. The summed E-state index contributed by atoms with van der Waals surface area (Å²) in [4.78, 5) is 1.31. The van der Waals surface area contributed by atoms with Crippen LogP contribution in [-0.4, -0.2) is 8.97 Å². The summed E-state index contributed by atoms with van der Waals surface area (Å²) in [6.07, 6.45) is 3.88. The Bertz CT molecular complexity index is 732. The molecule has 0 saturated carbocycles. The van der Waals surface area contributed by atoms with E-state index < -0.39 is 0 Å².